The number of hydrogen-bond acceptors (Lipinski definition) is 6. The van der Waals surface area contributed by atoms with E-state index in [1.165, 1.54) is 6.07 Å². The Balaban J connectivity index is 2.51. The highest BCUT2D eigenvalue weighted by molar-refractivity contribution is 7.73. The molecule has 0 radical (unpaired) electrons. The minimum Gasteiger partial charge on any atom is -0.462 e. The van der Waals surface area contributed by atoms with E-state index >= 15 is 0 Å². The van der Waals surface area contributed by atoms with Crippen LogP contribution in [0.1, 0.15) is 37.0 Å². The van der Waals surface area contributed by atoms with Crippen molar-refractivity contribution < 1.29 is 22.7 Å². The third kappa shape index (κ3) is 6.18. The number of anilines is 2. The van der Waals surface area contributed by atoms with Crippen molar-refractivity contribution in [3.05, 3.63) is 48.0 Å². The van der Waals surface area contributed by atoms with Gasteiger partial charge in [0.05, 0.1) is 23.5 Å². The number of carbonyl (C=O) groups is 1. The van der Waals surface area contributed by atoms with Gasteiger partial charge >= 0.3 is 5.97 Å². The largest absolute Gasteiger partial charge is 0.462 e. The highest BCUT2D eigenvalue weighted by Crippen LogP contribution is 2.38. The van der Waals surface area contributed by atoms with E-state index in [1.807, 2.05) is 18.2 Å². The zero-order valence-corrected chi connectivity index (χ0v) is 16.3. The first kappa shape index (κ1) is 20.6. The molecule has 2 rings (SSSR count). The molecule has 0 atom stereocenters. The monoisotopic (exact) mass is 392 g/mol. The van der Waals surface area contributed by atoms with Crippen LogP contribution in [0.4, 0.5) is 11.4 Å². The Morgan fingerprint density at radius 1 is 1.07 bits per heavy atom. The molecule has 2 aromatic carbocycles. The lowest BCUT2D eigenvalue weighted by Gasteiger charge is -2.18. The Kier molecular flexibility index (Phi) is 7.94. The highest BCUT2D eigenvalue weighted by atomic mass is 32.2. The summed E-state index contributed by atoms with van der Waals surface area (Å²) >= 11 is 0. The summed E-state index contributed by atoms with van der Waals surface area (Å²) in [4.78, 5) is 12.2. The Morgan fingerprint density at radius 3 is 2.41 bits per heavy atom. The molecule has 27 heavy (non-hydrogen) atoms. The summed E-state index contributed by atoms with van der Waals surface area (Å²) in [5.74, 6) is 0.306. The Labute approximate surface area is 160 Å². The van der Waals surface area contributed by atoms with Crippen LogP contribution in [0, 0.1) is 0 Å². The van der Waals surface area contributed by atoms with Gasteiger partial charge in [0, 0.05) is 6.54 Å². The van der Waals surface area contributed by atoms with Crippen LogP contribution in [-0.2, 0) is 15.6 Å². The quantitative estimate of drug-likeness (QED) is 0.323. The molecular formula is C19H24N2O5S. The molecule has 2 aromatic rings. The number of thiol groups is 1. The molecule has 0 heterocycles. The summed E-state index contributed by atoms with van der Waals surface area (Å²) in [7, 11) is -2.95. The second-order valence-electron chi connectivity index (χ2n) is 5.69. The van der Waals surface area contributed by atoms with Crippen LogP contribution in [0.2, 0.25) is 0 Å². The van der Waals surface area contributed by atoms with E-state index in [9.17, 15) is 13.2 Å². The first-order valence-corrected chi connectivity index (χ1v) is 9.95. The number of nitrogens with one attached hydrogen (secondary N) is 2. The number of rotatable bonds is 10. The Hall–Kier alpha value is -2.74. The molecule has 0 aliphatic rings. The topological polar surface area (TPSA) is 93.7 Å². The molecule has 0 amide bonds. The first-order chi connectivity index (χ1) is 13.0. The molecule has 0 fully saturated rings. The maximum absolute atomic E-state index is 12.2. The zero-order chi connectivity index (χ0) is 19.6. The van der Waals surface area contributed by atoms with E-state index in [2.05, 4.69) is 17.0 Å². The molecule has 0 aliphatic heterocycles. The van der Waals surface area contributed by atoms with Gasteiger partial charge < -0.3 is 14.8 Å². The van der Waals surface area contributed by atoms with Crippen LogP contribution in [0.25, 0.3) is 0 Å². The van der Waals surface area contributed by atoms with E-state index < -0.39 is 16.9 Å². The first-order valence-electron chi connectivity index (χ1n) is 8.78. The number of para-hydroxylation sites is 1. The zero-order valence-electron chi connectivity index (χ0n) is 15.4. The fourth-order valence-electron chi connectivity index (χ4n) is 2.39. The highest BCUT2D eigenvalue weighted by Gasteiger charge is 2.18. The molecule has 0 aliphatic carbocycles. The van der Waals surface area contributed by atoms with Crippen LogP contribution in [0.3, 0.4) is 0 Å². The van der Waals surface area contributed by atoms with Crippen molar-refractivity contribution in [1.29, 1.82) is 0 Å². The fraction of sp³-hybridized carbons (Fsp3) is 0.316. The molecule has 0 unspecified atom stereocenters. The summed E-state index contributed by atoms with van der Waals surface area (Å²) in [6.07, 6.45) is 1.89. The number of hydrogen-bond donors (Lipinski definition) is 3. The molecule has 0 aromatic heterocycles. The van der Waals surface area contributed by atoms with Gasteiger partial charge in [-0.3, -0.25) is 4.72 Å². The van der Waals surface area contributed by atoms with Crippen LogP contribution < -0.4 is 14.8 Å². The van der Waals surface area contributed by atoms with E-state index in [4.69, 9.17) is 9.47 Å². The van der Waals surface area contributed by atoms with E-state index in [1.54, 1.807) is 25.1 Å². The van der Waals surface area contributed by atoms with Gasteiger partial charge in [0.15, 0.2) is 5.75 Å². The van der Waals surface area contributed by atoms with Gasteiger partial charge in [0.1, 0.15) is 5.75 Å². The molecule has 2 N–H and O–H groups in total. The van der Waals surface area contributed by atoms with Crippen molar-refractivity contribution in [1.82, 2.24) is 0 Å². The molecular weight excluding hydrogens is 368 g/mol. The lowest BCUT2D eigenvalue weighted by Crippen LogP contribution is -2.10. The van der Waals surface area contributed by atoms with E-state index in [-0.39, 0.29) is 17.9 Å². The standard InChI is InChI=1S/C19H24N2O5S/c1-3-5-11-20-16-12-14(19(22)25-4-2)13-17(21-27(23)24)18(16)26-15-9-7-6-8-10-15/h6-10,12-13,20,27H,3-5,11H2,1-2H3,(H,21,23,24). The van der Waals surface area contributed by atoms with Crippen molar-refractivity contribution in [3.63, 3.8) is 0 Å². The average molecular weight is 392 g/mol. The van der Waals surface area contributed by atoms with E-state index in [0.29, 0.717) is 23.7 Å². The smallest absolute Gasteiger partial charge is 0.338 e. The Bertz CT molecular complexity index is 829. The molecule has 0 saturated heterocycles. The average Bonchev–Trinajstić information content (AvgIpc) is 2.64. The maximum Gasteiger partial charge on any atom is 0.338 e. The third-order valence-electron chi connectivity index (χ3n) is 3.62. The summed E-state index contributed by atoms with van der Waals surface area (Å²) in [6.45, 7) is 4.64. The summed E-state index contributed by atoms with van der Waals surface area (Å²) in [6, 6.07) is 12.0. The SMILES string of the molecule is CCCCNc1cc(C(=O)OCC)cc(N[SH](=O)=O)c1Oc1ccccc1. The number of ether oxygens (including phenoxy) is 2. The van der Waals surface area contributed by atoms with Gasteiger partial charge in [-0.25, -0.2) is 13.2 Å². The molecule has 0 saturated carbocycles. The van der Waals surface area contributed by atoms with Gasteiger partial charge in [-0.15, -0.1) is 0 Å². The fourth-order valence-corrected chi connectivity index (χ4v) is 2.75. The lowest BCUT2D eigenvalue weighted by atomic mass is 10.1. The predicted octanol–water partition coefficient (Wildman–Crippen LogP) is 3.81. The van der Waals surface area contributed by atoms with Crippen molar-refractivity contribution in [2.45, 2.75) is 26.7 Å². The minimum atomic E-state index is -2.95. The third-order valence-corrected chi connectivity index (χ3v) is 4.04. The van der Waals surface area contributed by atoms with Gasteiger partial charge in [-0.05, 0) is 37.6 Å². The number of carbonyl (C=O) groups excluding carboxylic acids is 1. The summed E-state index contributed by atoms with van der Waals surface area (Å²) in [5.41, 5.74) is 0.910. The van der Waals surface area contributed by atoms with Crippen LogP contribution in [0.5, 0.6) is 11.5 Å². The van der Waals surface area contributed by atoms with Crippen LogP contribution >= 0.6 is 0 Å². The maximum atomic E-state index is 12.2. The van der Waals surface area contributed by atoms with Crippen molar-refractivity contribution >= 4 is 28.2 Å². The van der Waals surface area contributed by atoms with E-state index in [0.717, 1.165) is 12.8 Å². The molecule has 0 bridgehead atoms. The molecule has 146 valence electrons. The number of esters is 1. The second kappa shape index (κ2) is 10.4. The van der Waals surface area contributed by atoms with Gasteiger partial charge in [-0.2, -0.15) is 0 Å². The molecule has 8 heteroatoms. The van der Waals surface area contributed by atoms with Gasteiger partial charge in [-0.1, -0.05) is 31.5 Å². The summed E-state index contributed by atoms with van der Waals surface area (Å²) in [5, 5.41) is 3.22. The molecule has 7 nitrogen and oxygen atoms in total. The lowest BCUT2D eigenvalue weighted by molar-refractivity contribution is 0.0526. The van der Waals surface area contributed by atoms with Crippen molar-refractivity contribution in [2.75, 3.05) is 23.2 Å². The van der Waals surface area contributed by atoms with Crippen LogP contribution in [0.15, 0.2) is 42.5 Å². The normalized spacial score (nSPS) is 10.5. The second-order valence-corrected chi connectivity index (χ2v) is 6.42. The van der Waals surface area contributed by atoms with Gasteiger partial charge in [0.2, 0.25) is 10.9 Å². The van der Waals surface area contributed by atoms with Crippen LogP contribution in [-0.4, -0.2) is 27.5 Å². The predicted molar refractivity (Wildman–Crippen MR) is 106 cm³/mol. The Morgan fingerprint density at radius 2 is 1.78 bits per heavy atom. The number of unbranched alkanes of at least 4 members (excludes halogenated alkanes) is 1. The minimum absolute atomic E-state index is 0.166. The number of benzene rings is 2. The summed E-state index contributed by atoms with van der Waals surface area (Å²) < 4.78 is 35.9. The van der Waals surface area contributed by atoms with Crippen molar-refractivity contribution in [2.24, 2.45) is 0 Å². The molecule has 0 spiro atoms. The van der Waals surface area contributed by atoms with Gasteiger partial charge in [0.25, 0.3) is 0 Å². The van der Waals surface area contributed by atoms with Crippen molar-refractivity contribution in [3.8, 4) is 11.5 Å².